The van der Waals surface area contributed by atoms with Gasteiger partial charge in [0.05, 0.1) is 7.11 Å². The first kappa shape index (κ1) is 19.0. The molecule has 1 N–H and O–H groups in total. The Bertz CT molecular complexity index is 958. The summed E-state index contributed by atoms with van der Waals surface area (Å²) in [7, 11) is 1.60. The highest BCUT2D eigenvalue weighted by molar-refractivity contribution is 6.01. The van der Waals surface area contributed by atoms with Gasteiger partial charge in [-0.15, -0.1) is 10.2 Å². The van der Waals surface area contributed by atoms with Crippen LogP contribution in [0.3, 0.4) is 0 Å². The number of hydrogen-bond acceptors (Lipinski definition) is 6. The second-order valence-corrected chi connectivity index (χ2v) is 7.31. The number of amides is 1. The zero-order chi connectivity index (χ0) is 20.2. The Morgan fingerprint density at radius 2 is 1.76 bits per heavy atom. The van der Waals surface area contributed by atoms with E-state index in [4.69, 9.17) is 9.15 Å². The van der Waals surface area contributed by atoms with E-state index in [1.54, 1.807) is 31.4 Å². The first-order chi connectivity index (χ1) is 14.1. The SMILES string of the molecule is COc1ccc(-c2nnc(C(=O)Nc3ccc(N4CCC(C)CC4)cc3)o2)cc1. The summed E-state index contributed by atoms with van der Waals surface area (Å²) >= 11 is 0. The zero-order valence-corrected chi connectivity index (χ0v) is 16.6. The molecule has 2 heterocycles. The van der Waals surface area contributed by atoms with E-state index in [2.05, 4.69) is 27.3 Å². The van der Waals surface area contributed by atoms with Crippen LogP contribution < -0.4 is 15.0 Å². The van der Waals surface area contributed by atoms with Crippen molar-refractivity contribution in [2.75, 3.05) is 30.4 Å². The van der Waals surface area contributed by atoms with Gasteiger partial charge < -0.3 is 19.4 Å². The summed E-state index contributed by atoms with van der Waals surface area (Å²) in [6.45, 7) is 4.44. The monoisotopic (exact) mass is 392 g/mol. The Balaban J connectivity index is 1.39. The first-order valence-corrected chi connectivity index (χ1v) is 9.76. The van der Waals surface area contributed by atoms with E-state index < -0.39 is 5.91 Å². The average molecular weight is 392 g/mol. The quantitative estimate of drug-likeness (QED) is 0.700. The predicted molar refractivity (Wildman–Crippen MR) is 111 cm³/mol. The van der Waals surface area contributed by atoms with E-state index in [0.29, 0.717) is 5.69 Å². The van der Waals surface area contributed by atoms with Gasteiger partial charge in [-0.25, -0.2) is 0 Å². The Morgan fingerprint density at radius 3 is 2.41 bits per heavy atom. The van der Waals surface area contributed by atoms with Gasteiger partial charge in [-0.05, 0) is 67.3 Å². The van der Waals surface area contributed by atoms with Crippen LogP contribution in [-0.2, 0) is 0 Å². The molecule has 2 aromatic carbocycles. The molecule has 3 aromatic rings. The fourth-order valence-electron chi connectivity index (χ4n) is 3.37. The van der Waals surface area contributed by atoms with Gasteiger partial charge in [0.15, 0.2) is 0 Å². The van der Waals surface area contributed by atoms with Crippen molar-refractivity contribution >= 4 is 17.3 Å². The van der Waals surface area contributed by atoms with Gasteiger partial charge in [0, 0.05) is 30.0 Å². The summed E-state index contributed by atoms with van der Waals surface area (Å²) in [5.41, 5.74) is 2.58. The summed E-state index contributed by atoms with van der Waals surface area (Å²) in [6, 6.07) is 15.0. The van der Waals surface area contributed by atoms with Crippen LogP contribution in [0.1, 0.15) is 30.5 Å². The van der Waals surface area contributed by atoms with Crippen LogP contribution in [-0.4, -0.2) is 36.3 Å². The summed E-state index contributed by atoms with van der Waals surface area (Å²) in [4.78, 5) is 14.8. The number of anilines is 2. The Hall–Kier alpha value is -3.35. The van der Waals surface area contributed by atoms with Crippen molar-refractivity contribution in [1.82, 2.24) is 10.2 Å². The maximum absolute atomic E-state index is 12.4. The molecule has 0 spiro atoms. The fourth-order valence-corrected chi connectivity index (χ4v) is 3.37. The standard InChI is InChI=1S/C22H24N4O3/c1-15-11-13-26(14-12-15)18-7-5-17(6-8-18)23-20(27)22-25-24-21(29-22)16-3-9-19(28-2)10-4-16/h3-10,15H,11-14H2,1-2H3,(H,23,27). The molecule has 1 aliphatic heterocycles. The summed E-state index contributed by atoms with van der Waals surface area (Å²) in [5.74, 6) is 1.30. The minimum Gasteiger partial charge on any atom is -0.497 e. The number of piperidine rings is 1. The van der Waals surface area contributed by atoms with E-state index in [-0.39, 0.29) is 11.8 Å². The van der Waals surface area contributed by atoms with Gasteiger partial charge in [-0.3, -0.25) is 4.79 Å². The Kier molecular flexibility index (Phi) is 5.46. The van der Waals surface area contributed by atoms with Crippen molar-refractivity contribution in [1.29, 1.82) is 0 Å². The maximum Gasteiger partial charge on any atom is 0.313 e. The number of hydrogen-bond donors (Lipinski definition) is 1. The Labute approximate surface area is 169 Å². The highest BCUT2D eigenvalue weighted by Crippen LogP contribution is 2.25. The van der Waals surface area contributed by atoms with E-state index in [9.17, 15) is 4.79 Å². The Morgan fingerprint density at radius 1 is 1.07 bits per heavy atom. The fraction of sp³-hybridized carbons (Fsp3) is 0.318. The predicted octanol–water partition coefficient (Wildman–Crippen LogP) is 4.23. The lowest BCUT2D eigenvalue weighted by Gasteiger charge is -2.32. The molecular weight excluding hydrogens is 368 g/mol. The first-order valence-electron chi connectivity index (χ1n) is 9.76. The molecule has 0 bridgehead atoms. The third-order valence-electron chi connectivity index (χ3n) is 5.23. The molecular formula is C22H24N4O3. The molecule has 0 aliphatic carbocycles. The van der Waals surface area contributed by atoms with Crippen LogP contribution >= 0.6 is 0 Å². The van der Waals surface area contributed by atoms with Gasteiger partial charge in [0.2, 0.25) is 5.89 Å². The van der Waals surface area contributed by atoms with Crippen molar-refractivity contribution < 1.29 is 13.9 Å². The smallest absolute Gasteiger partial charge is 0.313 e. The van der Waals surface area contributed by atoms with Crippen molar-refractivity contribution in [3.63, 3.8) is 0 Å². The molecule has 0 unspecified atom stereocenters. The molecule has 0 atom stereocenters. The third-order valence-corrected chi connectivity index (χ3v) is 5.23. The lowest BCUT2D eigenvalue weighted by atomic mass is 9.99. The van der Waals surface area contributed by atoms with E-state index >= 15 is 0 Å². The molecule has 1 fully saturated rings. The van der Waals surface area contributed by atoms with E-state index in [1.807, 2.05) is 24.3 Å². The van der Waals surface area contributed by atoms with Crippen molar-refractivity contribution in [2.45, 2.75) is 19.8 Å². The van der Waals surface area contributed by atoms with Gasteiger partial charge in [-0.2, -0.15) is 0 Å². The highest BCUT2D eigenvalue weighted by atomic mass is 16.5. The van der Waals surface area contributed by atoms with Gasteiger partial charge in [-0.1, -0.05) is 6.92 Å². The zero-order valence-electron chi connectivity index (χ0n) is 16.6. The molecule has 1 aliphatic rings. The molecule has 1 amide bonds. The van der Waals surface area contributed by atoms with Crippen LogP contribution in [0.5, 0.6) is 5.75 Å². The lowest BCUT2D eigenvalue weighted by molar-refractivity contribution is 0.0991. The normalized spacial score (nSPS) is 14.6. The average Bonchev–Trinajstić information content (AvgIpc) is 3.25. The van der Waals surface area contributed by atoms with E-state index in [1.165, 1.54) is 18.5 Å². The number of carbonyl (C=O) groups is 1. The molecule has 150 valence electrons. The van der Waals surface area contributed by atoms with Gasteiger partial charge in [0.1, 0.15) is 5.75 Å². The number of ether oxygens (including phenoxy) is 1. The second kappa shape index (κ2) is 8.34. The number of nitrogens with one attached hydrogen (secondary N) is 1. The van der Waals surface area contributed by atoms with E-state index in [0.717, 1.165) is 30.3 Å². The third kappa shape index (κ3) is 4.39. The van der Waals surface area contributed by atoms with Gasteiger partial charge in [0.25, 0.3) is 0 Å². The molecule has 0 saturated carbocycles. The molecule has 0 radical (unpaired) electrons. The van der Waals surface area contributed by atoms with Crippen LogP contribution in [0.2, 0.25) is 0 Å². The minimum atomic E-state index is -0.434. The number of benzene rings is 2. The summed E-state index contributed by atoms with van der Waals surface area (Å²) in [6.07, 6.45) is 2.43. The minimum absolute atomic E-state index is 0.0788. The molecule has 1 saturated heterocycles. The second-order valence-electron chi connectivity index (χ2n) is 7.31. The number of methoxy groups -OCH3 is 1. The van der Waals surface area contributed by atoms with Crippen molar-refractivity contribution in [2.24, 2.45) is 5.92 Å². The molecule has 7 heteroatoms. The lowest BCUT2D eigenvalue weighted by Crippen LogP contribution is -2.32. The van der Waals surface area contributed by atoms with Crippen LogP contribution in [0.15, 0.2) is 52.9 Å². The number of rotatable bonds is 5. The van der Waals surface area contributed by atoms with Gasteiger partial charge >= 0.3 is 11.8 Å². The molecule has 29 heavy (non-hydrogen) atoms. The van der Waals surface area contributed by atoms with Crippen molar-refractivity contribution in [3.05, 3.63) is 54.4 Å². The largest absolute Gasteiger partial charge is 0.497 e. The topological polar surface area (TPSA) is 80.5 Å². The van der Waals surface area contributed by atoms with Crippen molar-refractivity contribution in [3.8, 4) is 17.2 Å². The molecule has 1 aromatic heterocycles. The number of carbonyl (C=O) groups excluding carboxylic acids is 1. The number of nitrogens with zero attached hydrogens (tertiary/aromatic N) is 3. The summed E-state index contributed by atoms with van der Waals surface area (Å²) < 4.78 is 10.7. The number of aromatic nitrogens is 2. The van der Waals surface area contributed by atoms with Crippen LogP contribution in [0.4, 0.5) is 11.4 Å². The van der Waals surface area contributed by atoms with Crippen LogP contribution in [0.25, 0.3) is 11.5 Å². The molecule has 7 nitrogen and oxygen atoms in total. The summed E-state index contributed by atoms with van der Waals surface area (Å²) in [5, 5.41) is 10.6. The maximum atomic E-state index is 12.4. The molecule has 4 rings (SSSR count). The highest BCUT2D eigenvalue weighted by Gasteiger charge is 2.18. The van der Waals surface area contributed by atoms with Crippen LogP contribution in [0, 0.1) is 5.92 Å².